The highest BCUT2D eigenvalue weighted by atomic mass is 19.3. The number of hydrogen-bond donors (Lipinski definition) is 0. The monoisotopic (exact) mass is 332 g/mol. The Hall–Kier alpha value is -1.53. The molecule has 23 heavy (non-hydrogen) atoms. The molecule has 130 valence electrons. The number of hydrogen-bond acceptors (Lipinski definition) is 3. The molecule has 1 heterocycles. The molecule has 4 nitrogen and oxygen atoms in total. The van der Waals surface area contributed by atoms with E-state index in [1.165, 1.54) is 18.5 Å². The second-order valence-corrected chi connectivity index (χ2v) is 7.17. The fourth-order valence-corrected chi connectivity index (χ4v) is 3.74. The zero-order chi connectivity index (χ0) is 17.6. The smallest absolute Gasteiger partial charge is 0.356 e. The third kappa shape index (κ3) is 3.53. The van der Waals surface area contributed by atoms with Crippen molar-refractivity contribution in [2.45, 2.75) is 65.6 Å². The first-order chi connectivity index (χ1) is 10.4. The molecule has 0 aromatic carbocycles. The molecule has 1 aliphatic carbocycles. The van der Waals surface area contributed by atoms with Gasteiger partial charge < -0.3 is 4.74 Å². The number of carbonyl (C=O) groups is 1. The van der Waals surface area contributed by atoms with Crippen LogP contribution in [-0.4, -0.2) is 28.0 Å². The molecule has 1 aromatic rings. The van der Waals surface area contributed by atoms with Crippen molar-refractivity contribution < 1.29 is 22.7 Å². The van der Waals surface area contributed by atoms with E-state index >= 15 is 0 Å². The van der Waals surface area contributed by atoms with E-state index in [-0.39, 0.29) is 24.4 Å². The number of carbonyl (C=O) groups excluding carboxylic acids is 1. The molecule has 0 bridgehead atoms. The minimum Gasteiger partial charge on any atom is -0.461 e. The Balaban J connectivity index is 2.39. The lowest BCUT2D eigenvalue weighted by molar-refractivity contribution is -0.0552. The molecular weight excluding hydrogens is 309 g/mol. The molecular formula is C16H23F3N2O2. The van der Waals surface area contributed by atoms with E-state index in [0.717, 1.165) is 6.92 Å². The van der Waals surface area contributed by atoms with Crippen LogP contribution in [0.2, 0.25) is 0 Å². The number of rotatable bonds is 5. The van der Waals surface area contributed by atoms with E-state index in [1.54, 1.807) is 6.92 Å². The third-order valence-electron chi connectivity index (χ3n) is 4.20. The quantitative estimate of drug-likeness (QED) is 0.765. The van der Waals surface area contributed by atoms with Gasteiger partial charge in [0.25, 0.3) is 5.92 Å². The molecule has 0 saturated heterocycles. The largest absolute Gasteiger partial charge is 0.461 e. The first kappa shape index (κ1) is 17.8. The summed E-state index contributed by atoms with van der Waals surface area (Å²) in [6, 6.07) is 0. The molecule has 0 unspecified atom stereocenters. The van der Waals surface area contributed by atoms with Crippen LogP contribution in [-0.2, 0) is 17.2 Å². The predicted octanol–water partition coefficient (Wildman–Crippen LogP) is 4.01. The lowest BCUT2D eigenvalue weighted by Crippen LogP contribution is -2.47. The van der Waals surface area contributed by atoms with Crippen molar-refractivity contribution in [1.29, 1.82) is 0 Å². The maximum Gasteiger partial charge on any atom is 0.356 e. The normalized spacial score (nSPS) is 27.7. The number of halogens is 3. The lowest BCUT2D eigenvalue weighted by Gasteiger charge is -2.48. The fraction of sp³-hybridized carbons (Fsp3) is 0.750. The van der Waals surface area contributed by atoms with E-state index < -0.39 is 28.7 Å². The topological polar surface area (TPSA) is 44.1 Å². The van der Waals surface area contributed by atoms with Gasteiger partial charge in [-0.1, -0.05) is 6.92 Å². The van der Waals surface area contributed by atoms with Gasteiger partial charge >= 0.3 is 5.97 Å². The third-order valence-corrected chi connectivity index (χ3v) is 4.20. The van der Waals surface area contributed by atoms with Crippen LogP contribution < -0.4 is 0 Å². The SMILES string of the molecule is CCOC(=O)c1c(C)c(C(C)(F)F)nn1CC1(C)CC(C)(F)C1. The molecule has 1 aromatic heterocycles. The molecule has 1 aliphatic rings. The van der Waals surface area contributed by atoms with Crippen molar-refractivity contribution in [3.63, 3.8) is 0 Å². The van der Waals surface area contributed by atoms with Gasteiger partial charge in [-0.3, -0.25) is 4.68 Å². The summed E-state index contributed by atoms with van der Waals surface area (Å²) >= 11 is 0. The van der Waals surface area contributed by atoms with E-state index in [4.69, 9.17) is 4.74 Å². The maximum absolute atomic E-state index is 13.8. The Labute approximate surface area is 134 Å². The average molecular weight is 332 g/mol. The van der Waals surface area contributed by atoms with Crippen molar-refractivity contribution >= 4 is 5.97 Å². The summed E-state index contributed by atoms with van der Waals surface area (Å²) in [7, 11) is 0. The molecule has 1 fully saturated rings. The lowest BCUT2D eigenvalue weighted by atomic mass is 9.62. The van der Waals surface area contributed by atoms with Crippen LogP contribution in [0.25, 0.3) is 0 Å². The molecule has 0 spiro atoms. The summed E-state index contributed by atoms with van der Waals surface area (Å²) < 4.78 is 47.5. The summed E-state index contributed by atoms with van der Waals surface area (Å²) in [5.41, 5.74) is -1.97. The van der Waals surface area contributed by atoms with Crippen molar-refractivity contribution in [3.05, 3.63) is 17.0 Å². The van der Waals surface area contributed by atoms with E-state index in [2.05, 4.69) is 5.10 Å². The summed E-state index contributed by atoms with van der Waals surface area (Å²) in [6.07, 6.45) is 0.609. The highest BCUT2D eigenvalue weighted by Gasteiger charge is 2.50. The van der Waals surface area contributed by atoms with Crippen LogP contribution in [0, 0.1) is 12.3 Å². The van der Waals surface area contributed by atoms with Crippen LogP contribution in [0.1, 0.15) is 62.3 Å². The minimum absolute atomic E-state index is 0.0251. The number of aromatic nitrogens is 2. The van der Waals surface area contributed by atoms with Gasteiger partial charge in [0.2, 0.25) is 0 Å². The Kier molecular flexibility index (Phi) is 4.28. The summed E-state index contributed by atoms with van der Waals surface area (Å²) in [4.78, 5) is 12.1. The van der Waals surface area contributed by atoms with Crippen molar-refractivity contribution in [3.8, 4) is 0 Å². The zero-order valence-corrected chi connectivity index (χ0v) is 14.2. The van der Waals surface area contributed by atoms with Crippen LogP contribution in [0.15, 0.2) is 0 Å². The molecule has 0 amide bonds. The van der Waals surface area contributed by atoms with Crippen LogP contribution in [0.4, 0.5) is 13.2 Å². The molecule has 2 rings (SSSR count). The first-order valence-electron chi connectivity index (χ1n) is 7.70. The number of ether oxygens (including phenoxy) is 1. The maximum atomic E-state index is 13.8. The van der Waals surface area contributed by atoms with Crippen molar-refractivity contribution in [1.82, 2.24) is 9.78 Å². The molecule has 0 N–H and O–H groups in total. The summed E-state index contributed by atoms with van der Waals surface area (Å²) in [5, 5.41) is 3.94. The molecule has 0 radical (unpaired) electrons. The zero-order valence-electron chi connectivity index (χ0n) is 14.2. The van der Waals surface area contributed by atoms with Gasteiger partial charge in [-0.15, -0.1) is 0 Å². The summed E-state index contributed by atoms with van der Waals surface area (Å²) in [6.45, 7) is 7.55. The van der Waals surface area contributed by atoms with Gasteiger partial charge in [0.1, 0.15) is 17.1 Å². The van der Waals surface area contributed by atoms with E-state index in [9.17, 15) is 18.0 Å². The average Bonchev–Trinajstić information content (AvgIpc) is 2.62. The van der Waals surface area contributed by atoms with Gasteiger partial charge in [0.15, 0.2) is 0 Å². The number of alkyl halides is 3. The Morgan fingerprint density at radius 2 is 1.96 bits per heavy atom. The van der Waals surface area contributed by atoms with Gasteiger partial charge in [-0.25, -0.2) is 9.18 Å². The molecule has 7 heteroatoms. The van der Waals surface area contributed by atoms with Crippen LogP contribution in [0.5, 0.6) is 0 Å². The first-order valence-corrected chi connectivity index (χ1v) is 7.70. The standard InChI is InChI=1S/C16H23F3N2O2/c1-6-23-13(22)11-10(2)12(16(5,18)19)20-21(11)9-14(3)7-15(4,17)8-14/h6-9H2,1-5H3. The van der Waals surface area contributed by atoms with Crippen LogP contribution in [0.3, 0.4) is 0 Å². The Bertz CT molecular complexity index is 610. The van der Waals surface area contributed by atoms with Gasteiger partial charge in [-0.05, 0) is 39.0 Å². The van der Waals surface area contributed by atoms with E-state index in [0.29, 0.717) is 12.8 Å². The van der Waals surface area contributed by atoms with Gasteiger partial charge in [0, 0.05) is 19.0 Å². The van der Waals surface area contributed by atoms with Gasteiger partial charge in [0.05, 0.1) is 6.61 Å². The van der Waals surface area contributed by atoms with E-state index in [1.807, 2.05) is 6.92 Å². The van der Waals surface area contributed by atoms with Crippen LogP contribution >= 0.6 is 0 Å². The molecule has 1 saturated carbocycles. The Morgan fingerprint density at radius 3 is 2.39 bits per heavy atom. The summed E-state index contributed by atoms with van der Waals surface area (Å²) in [5.74, 6) is -3.84. The van der Waals surface area contributed by atoms with Crippen molar-refractivity contribution in [2.75, 3.05) is 6.61 Å². The number of nitrogens with zero attached hydrogens (tertiary/aromatic N) is 2. The predicted molar refractivity (Wildman–Crippen MR) is 79.3 cm³/mol. The Morgan fingerprint density at radius 1 is 1.39 bits per heavy atom. The highest BCUT2D eigenvalue weighted by molar-refractivity contribution is 5.89. The minimum atomic E-state index is -3.16. The second-order valence-electron chi connectivity index (χ2n) is 7.17. The molecule has 0 aliphatic heterocycles. The second kappa shape index (κ2) is 5.53. The highest BCUT2D eigenvalue weighted by Crippen LogP contribution is 2.51. The van der Waals surface area contributed by atoms with Gasteiger partial charge in [-0.2, -0.15) is 13.9 Å². The fourth-order valence-electron chi connectivity index (χ4n) is 3.74. The van der Waals surface area contributed by atoms with Crippen molar-refractivity contribution in [2.24, 2.45) is 5.41 Å². The molecule has 0 atom stereocenters. The number of esters is 1.